The Labute approximate surface area is 542 Å². The van der Waals surface area contributed by atoms with Crippen molar-refractivity contribution in [1.82, 2.24) is 36.0 Å². The van der Waals surface area contributed by atoms with Crippen LogP contribution in [0.5, 0.6) is 0 Å². The fraction of sp³-hybridized carbons (Fsp3) is 0.692. The average Bonchev–Trinajstić information content (AvgIpc) is 1.21. The number of hydrogen-bond donors (Lipinski definition) is 11. The van der Waals surface area contributed by atoms with Gasteiger partial charge in [-0.3, -0.25) is 33.7 Å². The maximum Gasteiger partial charge on any atom is 0.410 e. The molecule has 0 saturated carbocycles. The lowest BCUT2D eigenvalue weighted by atomic mass is 9.89. The molecule has 2 aliphatic rings. The molecule has 0 aliphatic carbocycles. The number of hydrogen-bond acceptors (Lipinski definition) is 18. The summed E-state index contributed by atoms with van der Waals surface area (Å²) < 4.78 is 29.7. The van der Waals surface area contributed by atoms with Gasteiger partial charge in [0.15, 0.2) is 6.29 Å². The predicted molar refractivity (Wildman–Crippen MR) is 342 cm³/mol. The van der Waals surface area contributed by atoms with Gasteiger partial charge in [0.2, 0.25) is 35.4 Å². The van der Waals surface area contributed by atoms with Gasteiger partial charge in [0.25, 0.3) is 0 Å². The lowest BCUT2D eigenvalue weighted by molar-refractivity contribution is -0.314. The fourth-order valence-corrected chi connectivity index (χ4v) is 11.9. The molecule has 2 aliphatic heterocycles. The van der Waals surface area contributed by atoms with E-state index in [2.05, 4.69) is 26.6 Å². The zero-order chi connectivity index (χ0) is 68.8. The Bertz CT molecular complexity index is 2670. The third-order valence-electron chi connectivity index (χ3n) is 17.7. The van der Waals surface area contributed by atoms with Crippen LogP contribution >= 0.6 is 0 Å². The van der Waals surface area contributed by atoms with Crippen molar-refractivity contribution in [1.29, 1.82) is 0 Å². The molecule has 17 atom stereocenters. The van der Waals surface area contributed by atoms with Crippen molar-refractivity contribution >= 4 is 53.3 Å². The minimum absolute atomic E-state index is 0.00908. The number of nitrogens with two attached hydrogens (primary N) is 2. The van der Waals surface area contributed by atoms with Crippen molar-refractivity contribution in [2.45, 2.75) is 200 Å². The van der Waals surface area contributed by atoms with E-state index >= 15 is 0 Å². The third-order valence-corrected chi connectivity index (χ3v) is 17.7. The highest BCUT2D eigenvalue weighted by Gasteiger charge is 2.47. The quantitative estimate of drug-likeness (QED) is 0.0442. The zero-order valence-corrected chi connectivity index (χ0v) is 56.1. The maximum absolute atomic E-state index is 14.9. The van der Waals surface area contributed by atoms with Gasteiger partial charge in [0, 0.05) is 53.6 Å². The van der Waals surface area contributed by atoms with Crippen molar-refractivity contribution in [3.05, 3.63) is 65.7 Å². The molecule has 2 fully saturated rings. The molecule has 0 radical (unpaired) electrons. The molecule has 4 rings (SSSR count). The van der Waals surface area contributed by atoms with E-state index in [0.717, 1.165) is 0 Å². The molecule has 0 spiro atoms. The van der Waals surface area contributed by atoms with E-state index < -0.39 is 151 Å². The molecule has 92 heavy (non-hydrogen) atoms. The first-order chi connectivity index (χ1) is 43.4. The molecule has 27 nitrogen and oxygen atoms in total. The summed E-state index contributed by atoms with van der Waals surface area (Å²) in [6.07, 6.45) is -8.70. The Morgan fingerprint density at radius 1 is 0.772 bits per heavy atom. The molecular weight excluding hydrogens is 1190 g/mol. The molecule has 2 saturated heterocycles. The highest BCUT2D eigenvalue weighted by Crippen LogP contribution is 2.33. The SMILES string of the molecule is CCC(C)C(C(CC(=O)N1CCCC1C(OC)C(C)C(=O)NC(C)C(O[C@@H]1O[C@H](CO)C(O)[C@H](O)[C@H]1O)c1ccccc1)OC)N(C)C(=O)C(NC(=O)C(C(C)C)N(C)C(=O)OCc1ccc(NC(=O)C(CCCNC(N)=O)CNC(=O)C(N)C(C)C)cc1)C(C)C. The summed E-state index contributed by atoms with van der Waals surface area (Å²) in [7, 11) is 6.02. The maximum atomic E-state index is 14.9. The van der Waals surface area contributed by atoms with Crippen LogP contribution in [0.15, 0.2) is 54.6 Å². The number of rotatable bonds is 35. The van der Waals surface area contributed by atoms with Gasteiger partial charge in [-0.25, -0.2) is 9.59 Å². The first-order valence-corrected chi connectivity index (χ1v) is 32.0. The molecule has 9 amide bonds. The van der Waals surface area contributed by atoms with Gasteiger partial charge in [-0.05, 0) is 79.5 Å². The van der Waals surface area contributed by atoms with E-state index in [0.29, 0.717) is 55.5 Å². The van der Waals surface area contributed by atoms with Gasteiger partial charge in [0.1, 0.15) is 49.2 Å². The second-order valence-electron chi connectivity index (χ2n) is 25.5. The van der Waals surface area contributed by atoms with Crippen LogP contribution in [0.2, 0.25) is 0 Å². The van der Waals surface area contributed by atoms with Gasteiger partial charge >= 0.3 is 12.1 Å². The Morgan fingerprint density at radius 2 is 1.42 bits per heavy atom. The summed E-state index contributed by atoms with van der Waals surface area (Å²) in [5, 5.41) is 55.6. The van der Waals surface area contributed by atoms with Crippen LogP contribution in [-0.2, 0) is 59.1 Å². The van der Waals surface area contributed by atoms with Crippen LogP contribution in [0, 0.1) is 35.5 Å². The molecule has 13 unspecified atom stereocenters. The predicted octanol–water partition coefficient (Wildman–Crippen LogP) is 2.51. The molecule has 2 aromatic carbocycles. The van der Waals surface area contributed by atoms with Crippen LogP contribution in [0.1, 0.15) is 125 Å². The summed E-state index contributed by atoms with van der Waals surface area (Å²) >= 11 is 0. The molecule has 518 valence electrons. The van der Waals surface area contributed by atoms with E-state index in [1.165, 1.54) is 31.1 Å². The first kappa shape index (κ1) is 77.9. The van der Waals surface area contributed by atoms with Gasteiger partial charge in [-0.15, -0.1) is 0 Å². The van der Waals surface area contributed by atoms with Crippen LogP contribution in [0.3, 0.4) is 0 Å². The number of benzene rings is 2. The van der Waals surface area contributed by atoms with E-state index in [1.807, 2.05) is 27.7 Å². The largest absolute Gasteiger partial charge is 0.445 e. The standard InChI is InChI=1S/C65H106N10O17/c1-15-38(8)52(46(88-13)31-48(77)75-30-20-24-45(75)56(89-14)39(9)58(81)70-40(10)57(42-21-17-16-18-22-42)92-63-55(80)54(79)53(78)47(33-76)91-63)73(11)62(85)50(36(4)5)72-61(84)51(37(6)7)74(12)65(87)90-34-41-25-27-44(28-26-41)71-59(82)43(23-19-29-68-64(67)86)32-69-60(83)49(66)35(2)3/h16-18,21-22,25-28,35-40,43,45-47,49-57,63,76,78-80H,15,19-20,23-24,29-34,66H2,1-14H3,(H,69,83)(H,70,81)(H,71,82)(H,72,84)(H3,67,68,86)/t38?,39?,40?,43?,45?,46?,47-,49?,50?,51?,52?,53?,54+,55-,56?,57?,63+/m1/s1. The van der Waals surface area contributed by atoms with Gasteiger partial charge in [-0.1, -0.05) is 111 Å². The van der Waals surface area contributed by atoms with Crippen molar-refractivity contribution in [2.75, 3.05) is 59.9 Å². The van der Waals surface area contributed by atoms with E-state index in [9.17, 15) is 58.8 Å². The minimum atomic E-state index is -1.69. The summed E-state index contributed by atoms with van der Waals surface area (Å²) in [5.41, 5.74) is 12.8. The first-order valence-electron chi connectivity index (χ1n) is 32.0. The smallest absolute Gasteiger partial charge is 0.410 e. The number of nitrogens with zero attached hydrogens (tertiary/aromatic N) is 3. The number of amides is 9. The highest BCUT2D eigenvalue weighted by molar-refractivity contribution is 5.94. The summed E-state index contributed by atoms with van der Waals surface area (Å²) in [6, 6.07) is 9.84. The van der Waals surface area contributed by atoms with Gasteiger partial charge < -0.3 is 92.0 Å². The number of likely N-dealkylation sites (N-methyl/N-ethyl adjacent to an activating group) is 2. The minimum Gasteiger partial charge on any atom is -0.445 e. The topological polar surface area (TPSA) is 386 Å². The normalized spacial score (nSPS) is 21.9. The lowest BCUT2D eigenvalue weighted by Crippen LogP contribution is -2.60. The molecule has 0 aromatic heterocycles. The Morgan fingerprint density at radius 3 is 1.99 bits per heavy atom. The number of aliphatic hydroxyl groups is 4. The number of carbonyl (C=O) groups excluding carboxylic acids is 8. The monoisotopic (exact) mass is 1300 g/mol. The Kier molecular flexibility index (Phi) is 31.6. The van der Waals surface area contributed by atoms with Crippen LogP contribution < -0.4 is 38.1 Å². The Balaban J connectivity index is 1.42. The second-order valence-corrected chi connectivity index (χ2v) is 25.5. The van der Waals surface area contributed by atoms with Crippen molar-refractivity contribution in [3.8, 4) is 0 Å². The van der Waals surface area contributed by atoms with Crippen LogP contribution in [0.4, 0.5) is 15.3 Å². The Hall–Kier alpha value is -6.56. The zero-order valence-electron chi connectivity index (χ0n) is 56.1. The number of methoxy groups -OCH3 is 2. The molecule has 2 aromatic rings. The molecular formula is C65H106N10O17. The number of ether oxygens (including phenoxy) is 5. The van der Waals surface area contributed by atoms with Crippen molar-refractivity contribution < 1.29 is 82.5 Å². The number of anilines is 1. The number of likely N-dealkylation sites (tertiary alicyclic amines) is 1. The number of urea groups is 1. The molecule has 2 heterocycles. The molecule has 0 bridgehead atoms. The molecule has 13 N–H and O–H groups in total. The lowest BCUT2D eigenvalue weighted by Gasteiger charge is -2.42. The van der Waals surface area contributed by atoms with Crippen LogP contribution in [0.25, 0.3) is 0 Å². The third kappa shape index (κ3) is 21.5. The molecule has 27 heteroatoms. The van der Waals surface area contributed by atoms with Crippen molar-refractivity contribution in [3.63, 3.8) is 0 Å². The van der Waals surface area contributed by atoms with E-state index in [4.69, 9.17) is 35.2 Å². The number of carbonyl (C=O) groups is 8. The fourth-order valence-electron chi connectivity index (χ4n) is 11.9. The number of primary amides is 1. The summed E-state index contributed by atoms with van der Waals surface area (Å²) in [4.78, 5) is 114. The van der Waals surface area contributed by atoms with E-state index in [1.54, 1.807) is 108 Å². The second kappa shape index (κ2) is 37.4. The van der Waals surface area contributed by atoms with E-state index in [-0.39, 0.29) is 49.8 Å². The van der Waals surface area contributed by atoms with Crippen LogP contribution in [-0.4, -0.2) is 216 Å². The van der Waals surface area contributed by atoms with Gasteiger partial charge in [0.05, 0.1) is 61.2 Å². The summed E-state index contributed by atoms with van der Waals surface area (Å²) in [5.74, 6) is -5.20. The van der Waals surface area contributed by atoms with Crippen molar-refractivity contribution in [2.24, 2.45) is 47.0 Å². The highest BCUT2D eigenvalue weighted by atomic mass is 16.7. The average molecular weight is 1300 g/mol. The summed E-state index contributed by atoms with van der Waals surface area (Å²) in [6.45, 7) is 17.8. The number of nitrogens with one attached hydrogen (secondary N) is 5. The number of aliphatic hydroxyl groups excluding tert-OH is 4. The van der Waals surface area contributed by atoms with Gasteiger partial charge in [-0.2, -0.15) is 0 Å².